The van der Waals surface area contributed by atoms with Crippen LogP contribution < -0.4 is 10.5 Å². The van der Waals surface area contributed by atoms with Crippen LogP contribution in [0.1, 0.15) is 18.4 Å². The van der Waals surface area contributed by atoms with Gasteiger partial charge in [0.1, 0.15) is 5.75 Å². The quantitative estimate of drug-likeness (QED) is 0.615. The van der Waals surface area contributed by atoms with Gasteiger partial charge in [0.15, 0.2) is 0 Å². The summed E-state index contributed by atoms with van der Waals surface area (Å²) >= 11 is 0. The summed E-state index contributed by atoms with van der Waals surface area (Å²) in [5.74, 6) is -0.210. The number of aromatic nitrogens is 1. The van der Waals surface area contributed by atoms with E-state index in [1.165, 1.54) is 12.1 Å². The van der Waals surface area contributed by atoms with Crippen LogP contribution in [-0.2, 0) is 6.42 Å². The zero-order chi connectivity index (χ0) is 17.9. The van der Waals surface area contributed by atoms with E-state index in [0.29, 0.717) is 6.54 Å². The molecule has 2 aromatic carbocycles. The molecular weight excluding hydrogens is 329 g/mol. The number of fused-ring (bicyclic) bond motifs is 1. The molecule has 0 aliphatic rings. The highest BCUT2D eigenvalue weighted by Crippen LogP contribution is 2.34. The Hall–Kier alpha value is -2.47. The number of rotatable bonds is 6. The van der Waals surface area contributed by atoms with Gasteiger partial charge in [0.25, 0.3) is 0 Å². The second-order valence-electron chi connectivity index (χ2n) is 5.85. The summed E-state index contributed by atoms with van der Waals surface area (Å²) in [5.41, 5.74) is 9.27. The van der Waals surface area contributed by atoms with Crippen molar-refractivity contribution in [2.75, 3.05) is 6.54 Å². The van der Waals surface area contributed by atoms with Crippen LogP contribution in [0.5, 0.6) is 5.75 Å². The van der Waals surface area contributed by atoms with Crippen molar-refractivity contribution in [3.05, 3.63) is 54.1 Å². The lowest BCUT2D eigenvalue weighted by Crippen LogP contribution is -2.16. The predicted octanol–water partition coefficient (Wildman–Crippen LogP) is 5.01. The van der Waals surface area contributed by atoms with E-state index in [9.17, 15) is 13.2 Å². The summed E-state index contributed by atoms with van der Waals surface area (Å²) < 4.78 is 41.6. The molecule has 0 amide bonds. The first kappa shape index (κ1) is 17.4. The fourth-order valence-corrected chi connectivity index (χ4v) is 2.98. The van der Waals surface area contributed by atoms with E-state index >= 15 is 0 Å². The SMILES string of the molecule is NCCCCc1c(-c2ccccc2)[nH]c2ccc(OC(F)(F)F)cc12. The van der Waals surface area contributed by atoms with E-state index in [1.54, 1.807) is 6.07 Å². The van der Waals surface area contributed by atoms with Crippen molar-refractivity contribution in [2.24, 2.45) is 5.73 Å². The summed E-state index contributed by atoms with van der Waals surface area (Å²) in [6, 6.07) is 14.1. The minimum absolute atomic E-state index is 0.210. The predicted molar refractivity (Wildman–Crippen MR) is 92.4 cm³/mol. The van der Waals surface area contributed by atoms with E-state index in [0.717, 1.165) is 47.0 Å². The van der Waals surface area contributed by atoms with Gasteiger partial charge in [-0.1, -0.05) is 30.3 Å². The molecule has 0 aliphatic carbocycles. The van der Waals surface area contributed by atoms with Crippen LogP contribution in [0.25, 0.3) is 22.2 Å². The van der Waals surface area contributed by atoms with E-state index < -0.39 is 6.36 Å². The molecule has 0 spiro atoms. The first-order valence-electron chi connectivity index (χ1n) is 8.14. The number of H-pyrrole nitrogens is 1. The molecule has 6 heteroatoms. The van der Waals surface area contributed by atoms with Crippen LogP contribution in [0.2, 0.25) is 0 Å². The fraction of sp³-hybridized carbons (Fsp3) is 0.263. The van der Waals surface area contributed by atoms with E-state index in [1.807, 2.05) is 30.3 Å². The van der Waals surface area contributed by atoms with Crippen LogP contribution >= 0.6 is 0 Å². The highest BCUT2D eigenvalue weighted by atomic mass is 19.4. The Labute approximate surface area is 143 Å². The molecule has 1 heterocycles. The van der Waals surface area contributed by atoms with E-state index in [-0.39, 0.29) is 5.75 Å². The van der Waals surface area contributed by atoms with E-state index in [4.69, 9.17) is 5.73 Å². The molecule has 0 unspecified atom stereocenters. The molecule has 3 rings (SSSR count). The van der Waals surface area contributed by atoms with Gasteiger partial charge in [0.2, 0.25) is 0 Å². The van der Waals surface area contributed by atoms with Crippen LogP contribution in [0.3, 0.4) is 0 Å². The highest BCUT2D eigenvalue weighted by molar-refractivity contribution is 5.91. The molecular formula is C19H19F3N2O. The molecule has 0 bridgehead atoms. The van der Waals surface area contributed by atoms with Crippen molar-refractivity contribution in [3.63, 3.8) is 0 Å². The molecule has 0 radical (unpaired) electrons. The lowest BCUT2D eigenvalue weighted by Gasteiger charge is -2.09. The van der Waals surface area contributed by atoms with Crippen LogP contribution in [0.4, 0.5) is 13.2 Å². The fourth-order valence-electron chi connectivity index (χ4n) is 2.98. The Bertz CT molecular complexity index is 841. The number of alkyl halides is 3. The van der Waals surface area contributed by atoms with Gasteiger partial charge in [-0.2, -0.15) is 0 Å². The van der Waals surface area contributed by atoms with Crippen molar-refractivity contribution in [1.29, 1.82) is 0 Å². The summed E-state index contributed by atoms with van der Waals surface area (Å²) in [6.45, 7) is 0.589. The molecule has 1 aromatic heterocycles. The Morgan fingerprint density at radius 3 is 2.44 bits per heavy atom. The Morgan fingerprint density at radius 2 is 1.76 bits per heavy atom. The summed E-state index contributed by atoms with van der Waals surface area (Å²) in [4.78, 5) is 3.33. The number of hydrogen-bond acceptors (Lipinski definition) is 2. The first-order valence-corrected chi connectivity index (χ1v) is 8.14. The van der Waals surface area contributed by atoms with Gasteiger partial charge in [-0.15, -0.1) is 13.2 Å². The first-order chi connectivity index (χ1) is 12.0. The number of nitrogens with one attached hydrogen (secondary N) is 1. The topological polar surface area (TPSA) is 51.0 Å². The Morgan fingerprint density at radius 1 is 1.00 bits per heavy atom. The van der Waals surface area contributed by atoms with Gasteiger partial charge in [-0.25, -0.2) is 0 Å². The third-order valence-corrected chi connectivity index (χ3v) is 4.05. The number of benzene rings is 2. The smallest absolute Gasteiger partial charge is 0.406 e. The summed E-state index contributed by atoms with van der Waals surface area (Å²) in [7, 11) is 0. The number of hydrogen-bond donors (Lipinski definition) is 2. The number of aromatic amines is 1. The van der Waals surface area contributed by atoms with Gasteiger partial charge in [0.05, 0.1) is 0 Å². The van der Waals surface area contributed by atoms with Gasteiger partial charge in [-0.3, -0.25) is 0 Å². The lowest BCUT2D eigenvalue weighted by atomic mass is 10.0. The highest BCUT2D eigenvalue weighted by Gasteiger charge is 2.31. The monoisotopic (exact) mass is 348 g/mol. The second-order valence-corrected chi connectivity index (χ2v) is 5.85. The minimum atomic E-state index is -4.70. The number of aryl methyl sites for hydroxylation is 1. The minimum Gasteiger partial charge on any atom is -0.406 e. The molecule has 0 aliphatic heterocycles. The zero-order valence-corrected chi connectivity index (χ0v) is 13.6. The maximum atomic E-state index is 12.5. The molecule has 3 aromatic rings. The van der Waals surface area contributed by atoms with Gasteiger partial charge in [0, 0.05) is 16.6 Å². The molecule has 3 N–H and O–H groups in total. The normalized spacial score (nSPS) is 11.8. The molecule has 3 nitrogen and oxygen atoms in total. The van der Waals surface area contributed by atoms with Gasteiger partial charge >= 0.3 is 6.36 Å². The van der Waals surface area contributed by atoms with Gasteiger partial charge in [-0.05, 0) is 55.1 Å². The molecule has 0 atom stereocenters. The number of unbranched alkanes of at least 4 members (excludes halogenated alkanes) is 1. The third-order valence-electron chi connectivity index (χ3n) is 4.05. The number of ether oxygens (including phenoxy) is 1. The Balaban J connectivity index is 2.07. The molecule has 132 valence electrons. The summed E-state index contributed by atoms with van der Waals surface area (Å²) in [5, 5.41) is 0.748. The Kier molecular flexibility index (Phi) is 4.99. The summed E-state index contributed by atoms with van der Waals surface area (Å²) in [6.07, 6.45) is -2.24. The van der Waals surface area contributed by atoms with Crippen molar-refractivity contribution < 1.29 is 17.9 Å². The lowest BCUT2D eigenvalue weighted by molar-refractivity contribution is -0.274. The largest absolute Gasteiger partial charge is 0.573 e. The second kappa shape index (κ2) is 7.19. The standard InChI is InChI=1S/C19H19F3N2O/c20-19(21,22)25-14-9-10-17-16(12-14)15(8-4-5-11-23)18(24-17)13-6-2-1-3-7-13/h1-3,6-7,9-10,12,24H,4-5,8,11,23H2. The van der Waals surface area contributed by atoms with Crippen LogP contribution in [0, 0.1) is 0 Å². The van der Waals surface area contributed by atoms with Crippen LogP contribution in [0.15, 0.2) is 48.5 Å². The average molecular weight is 348 g/mol. The van der Waals surface area contributed by atoms with Crippen molar-refractivity contribution in [3.8, 4) is 17.0 Å². The van der Waals surface area contributed by atoms with Gasteiger partial charge < -0.3 is 15.5 Å². The maximum Gasteiger partial charge on any atom is 0.573 e. The van der Waals surface area contributed by atoms with E-state index in [2.05, 4.69) is 9.72 Å². The third kappa shape index (κ3) is 4.14. The molecule has 25 heavy (non-hydrogen) atoms. The maximum absolute atomic E-state index is 12.5. The molecule has 0 saturated carbocycles. The van der Waals surface area contributed by atoms with Crippen molar-refractivity contribution in [1.82, 2.24) is 4.98 Å². The number of halogens is 3. The number of nitrogens with two attached hydrogens (primary N) is 1. The molecule has 0 saturated heterocycles. The van der Waals surface area contributed by atoms with Crippen LogP contribution in [-0.4, -0.2) is 17.9 Å². The average Bonchev–Trinajstić information content (AvgIpc) is 2.93. The molecule has 0 fully saturated rings. The van der Waals surface area contributed by atoms with Crippen molar-refractivity contribution >= 4 is 10.9 Å². The van der Waals surface area contributed by atoms with Crippen molar-refractivity contribution in [2.45, 2.75) is 25.6 Å². The zero-order valence-electron chi connectivity index (χ0n) is 13.6.